The van der Waals surface area contributed by atoms with Crippen molar-refractivity contribution in [2.45, 2.75) is 64.1 Å². The van der Waals surface area contributed by atoms with Gasteiger partial charge in [-0.25, -0.2) is 9.97 Å². The van der Waals surface area contributed by atoms with E-state index in [4.69, 9.17) is 0 Å². The second-order valence-corrected chi connectivity index (χ2v) is 8.12. The molecular formula is C23H30N4O. The number of fused-ring (bicyclic) bond motifs is 1. The maximum Gasteiger partial charge on any atom is 0.219 e. The third-order valence-electron chi connectivity index (χ3n) is 6.32. The van der Waals surface area contributed by atoms with Crippen molar-refractivity contribution in [3.8, 4) is 0 Å². The first-order chi connectivity index (χ1) is 13.7. The summed E-state index contributed by atoms with van der Waals surface area (Å²) in [5.41, 5.74) is 4.05. The Morgan fingerprint density at radius 2 is 1.93 bits per heavy atom. The molecule has 0 saturated carbocycles. The van der Waals surface area contributed by atoms with E-state index in [-0.39, 0.29) is 5.91 Å². The zero-order chi connectivity index (χ0) is 19.3. The highest BCUT2D eigenvalue weighted by Crippen LogP contribution is 2.35. The molecule has 1 saturated heterocycles. The van der Waals surface area contributed by atoms with Gasteiger partial charge in [0.05, 0.1) is 0 Å². The Morgan fingerprint density at radius 1 is 1.11 bits per heavy atom. The van der Waals surface area contributed by atoms with Crippen LogP contribution in [-0.4, -0.2) is 44.8 Å². The fraction of sp³-hybridized carbons (Fsp3) is 0.522. The number of nitrogens with zero attached hydrogens (tertiary/aromatic N) is 4. The van der Waals surface area contributed by atoms with Crippen molar-refractivity contribution in [2.24, 2.45) is 0 Å². The van der Waals surface area contributed by atoms with E-state index in [0.717, 1.165) is 37.9 Å². The van der Waals surface area contributed by atoms with Gasteiger partial charge < -0.3 is 4.90 Å². The molecule has 1 fully saturated rings. The normalized spacial score (nSPS) is 22.9. The van der Waals surface area contributed by atoms with Crippen LogP contribution in [0.4, 0.5) is 0 Å². The lowest BCUT2D eigenvalue weighted by Crippen LogP contribution is -2.39. The van der Waals surface area contributed by atoms with E-state index >= 15 is 0 Å². The number of amides is 1. The van der Waals surface area contributed by atoms with Crippen LogP contribution in [0.1, 0.15) is 61.8 Å². The number of hydrogen-bond acceptors (Lipinski definition) is 4. The maximum atomic E-state index is 12.4. The minimum Gasteiger partial charge on any atom is -0.335 e. The van der Waals surface area contributed by atoms with E-state index in [1.165, 1.54) is 36.7 Å². The summed E-state index contributed by atoms with van der Waals surface area (Å²) < 4.78 is 0. The third kappa shape index (κ3) is 4.25. The van der Waals surface area contributed by atoms with Crippen molar-refractivity contribution in [3.63, 3.8) is 0 Å². The molecule has 1 aliphatic heterocycles. The molecule has 148 valence electrons. The zero-order valence-corrected chi connectivity index (χ0v) is 16.8. The molecular weight excluding hydrogens is 348 g/mol. The number of benzene rings is 1. The lowest BCUT2D eigenvalue weighted by atomic mass is 9.86. The van der Waals surface area contributed by atoms with E-state index in [1.807, 2.05) is 17.3 Å². The summed E-state index contributed by atoms with van der Waals surface area (Å²) in [6, 6.07) is 9.79. The summed E-state index contributed by atoms with van der Waals surface area (Å²) in [5, 5.41) is 0. The first kappa shape index (κ1) is 19.1. The number of rotatable bonds is 4. The largest absolute Gasteiger partial charge is 0.335 e. The van der Waals surface area contributed by atoms with E-state index in [0.29, 0.717) is 18.6 Å². The molecule has 1 aliphatic carbocycles. The molecule has 5 nitrogen and oxygen atoms in total. The highest BCUT2D eigenvalue weighted by molar-refractivity contribution is 5.73. The molecule has 2 aliphatic rings. The molecule has 0 spiro atoms. The van der Waals surface area contributed by atoms with Gasteiger partial charge in [-0.05, 0) is 56.2 Å². The van der Waals surface area contributed by atoms with Gasteiger partial charge in [0.2, 0.25) is 5.91 Å². The van der Waals surface area contributed by atoms with Crippen LogP contribution in [0.3, 0.4) is 0 Å². The van der Waals surface area contributed by atoms with Crippen LogP contribution in [0, 0.1) is 0 Å². The van der Waals surface area contributed by atoms with E-state index < -0.39 is 0 Å². The Kier molecular flexibility index (Phi) is 6.01. The molecule has 0 unspecified atom stereocenters. The SMILES string of the molecule is CC(=O)N(Cc1cncnc1)[C@@H]1CCCN([C@@H]2CCCc3ccccc32)CC1. The van der Waals surface area contributed by atoms with Crippen LogP contribution < -0.4 is 0 Å². The van der Waals surface area contributed by atoms with Crippen molar-refractivity contribution in [1.82, 2.24) is 19.8 Å². The van der Waals surface area contributed by atoms with Gasteiger partial charge >= 0.3 is 0 Å². The first-order valence-corrected chi connectivity index (χ1v) is 10.6. The highest BCUT2D eigenvalue weighted by Gasteiger charge is 2.30. The Morgan fingerprint density at radius 3 is 2.75 bits per heavy atom. The maximum absolute atomic E-state index is 12.4. The Labute approximate surface area is 167 Å². The molecule has 2 atom stereocenters. The highest BCUT2D eigenvalue weighted by atomic mass is 16.2. The molecule has 1 aromatic heterocycles. The topological polar surface area (TPSA) is 49.3 Å². The smallest absolute Gasteiger partial charge is 0.219 e. The quantitative estimate of drug-likeness (QED) is 0.813. The van der Waals surface area contributed by atoms with Gasteiger partial charge in [-0.15, -0.1) is 0 Å². The van der Waals surface area contributed by atoms with Crippen LogP contribution in [-0.2, 0) is 17.8 Å². The molecule has 5 heteroatoms. The molecule has 0 N–H and O–H groups in total. The Bertz CT molecular complexity index is 794. The fourth-order valence-electron chi connectivity index (χ4n) is 4.94. The van der Waals surface area contributed by atoms with E-state index in [2.05, 4.69) is 39.1 Å². The predicted octanol–water partition coefficient (Wildman–Crippen LogP) is 3.76. The minimum atomic E-state index is 0.144. The van der Waals surface area contributed by atoms with Crippen LogP contribution in [0.5, 0.6) is 0 Å². The Hall–Kier alpha value is -2.27. The molecule has 2 heterocycles. The predicted molar refractivity (Wildman–Crippen MR) is 110 cm³/mol. The van der Waals surface area contributed by atoms with E-state index in [9.17, 15) is 4.79 Å². The number of aryl methyl sites for hydroxylation is 1. The average molecular weight is 379 g/mol. The average Bonchev–Trinajstić information content (AvgIpc) is 2.98. The van der Waals surface area contributed by atoms with Crippen molar-refractivity contribution < 1.29 is 4.79 Å². The summed E-state index contributed by atoms with van der Waals surface area (Å²) in [6.07, 6.45) is 12.1. The summed E-state index contributed by atoms with van der Waals surface area (Å²) in [5.74, 6) is 0.144. The van der Waals surface area contributed by atoms with Gasteiger partial charge in [0, 0.05) is 50.1 Å². The summed E-state index contributed by atoms with van der Waals surface area (Å²) in [4.78, 5) is 25.3. The van der Waals surface area contributed by atoms with Crippen LogP contribution in [0.2, 0.25) is 0 Å². The summed E-state index contributed by atoms with van der Waals surface area (Å²) >= 11 is 0. The lowest BCUT2D eigenvalue weighted by Gasteiger charge is -2.35. The van der Waals surface area contributed by atoms with Crippen LogP contribution >= 0.6 is 0 Å². The molecule has 2 aromatic rings. The molecule has 1 aromatic carbocycles. The van der Waals surface area contributed by atoms with Gasteiger partial charge in [-0.2, -0.15) is 0 Å². The number of hydrogen-bond donors (Lipinski definition) is 0. The summed E-state index contributed by atoms with van der Waals surface area (Å²) in [7, 11) is 0. The van der Waals surface area contributed by atoms with Crippen molar-refractivity contribution in [1.29, 1.82) is 0 Å². The number of aromatic nitrogens is 2. The van der Waals surface area contributed by atoms with Gasteiger partial charge in [0.15, 0.2) is 0 Å². The van der Waals surface area contributed by atoms with Crippen LogP contribution in [0.15, 0.2) is 43.0 Å². The molecule has 1 amide bonds. The second kappa shape index (κ2) is 8.82. The van der Waals surface area contributed by atoms with Gasteiger partial charge in [-0.1, -0.05) is 24.3 Å². The minimum absolute atomic E-state index is 0.144. The number of carbonyl (C=O) groups excluding carboxylic acids is 1. The van der Waals surface area contributed by atoms with Crippen LogP contribution in [0.25, 0.3) is 0 Å². The second-order valence-electron chi connectivity index (χ2n) is 8.12. The standard InChI is InChI=1S/C23H30N4O/c1-18(28)27(16-19-14-24-17-25-15-19)21-8-5-12-26(13-11-21)23-10-4-7-20-6-2-3-9-22(20)23/h2-3,6,9,14-15,17,21,23H,4-5,7-8,10-13,16H2,1H3/t21-,23-/m1/s1. The van der Waals surface area contributed by atoms with Crippen molar-refractivity contribution >= 4 is 5.91 Å². The fourth-order valence-corrected chi connectivity index (χ4v) is 4.94. The van der Waals surface area contributed by atoms with Gasteiger partial charge in [0.25, 0.3) is 0 Å². The Balaban J connectivity index is 1.45. The lowest BCUT2D eigenvalue weighted by molar-refractivity contribution is -0.132. The number of carbonyl (C=O) groups is 1. The molecule has 0 radical (unpaired) electrons. The first-order valence-electron chi connectivity index (χ1n) is 10.6. The van der Waals surface area contributed by atoms with Crippen molar-refractivity contribution in [3.05, 3.63) is 59.7 Å². The molecule has 28 heavy (non-hydrogen) atoms. The van der Waals surface area contributed by atoms with Gasteiger partial charge in [-0.3, -0.25) is 9.69 Å². The summed E-state index contributed by atoms with van der Waals surface area (Å²) in [6.45, 7) is 4.46. The van der Waals surface area contributed by atoms with Gasteiger partial charge in [0.1, 0.15) is 6.33 Å². The van der Waals surface area contributed by atoms with Crippen molar-refractivity contribution in [2.75, 3.05) is 13.1 Å². The zero-order valence-electron chi connectivity index (χ0n) is 16.8. The molecule has 4 rings (SSSR count). The van der Waals surface area contributed by atoms with E-state index in [1.54, 1.807) is 6.92 Å². The number of likely N-dealkylation sites (tertiary alicyclic amines) is 1. The molecule has 0 bridgehead atoms. The monoisotopic (exact) mass is 378 g/mol. The third-order valence-corrected chi connectivity index (χ3v) is 6.32.